The van der Waals surface area contributed by atoms with Gasteiger partial charge in [0.15, 0.2) is 5.69 Å². The van der Waals surface area contributed by atoms with Crippen molar-refractivity contribution in [1.29, 1.82) is 0 Å². The molecule has 1 atom stereocenters. The van der Waals surface area contributed by atoms with Gasteiger partial charge in [-0.3, -0.25) is 4.90 Å². The monoisotopic (exact) mass is 495 g/mol. The van der Waals surface area contributed by atoms with Crippen molar-refractivity contribution in [3.63, 3.8) is 0 Å². The molecule has 0 aromatic heterocycles. The zero-order valence-corrected chi connectivity index (χ0v) is 20.4. The number of hydrogen-bond acceptors (Lipinski definition) is 2. The number of nitrogens with zero attached hydrogens (tertiary/aromatic N) is 3. The van der Waals surface area contributed by atoms with Crippen molar-refractivity contribution in [3.05, 3.63) is 104 Å². The lowest BCUT2D eigenvalue weighted by Gasteiger charge is -2.44. The Labute approximate surface area is 210 Å². The molecule has 1 aliphatic heterocycles. The first-order valence-electron chi connectivity index (χ1n) is 11.1. The van der Waals surface area contributed by atoms with E-state index in [0.717, 1.165) is 36.9 Å². The summed E-state index contributed by atoms with van der Waals surface area (Å²) in [5, 5.41) is 2.06. The van der Waals surface area contributed by atoms with Crippen molar-refractivity contribution in [2.75, 3.05) is 31.1 Å². The van der Waals surface area contributed by atoms with Gasteiger partial charge in [-0.05, 0) is 54.3 Å². The smallest absolute Gasteiger partial charge is 0.187 e. The highest BCUT2D eigenvalue weighted by molar-refractivity contribution is 6.36. The zero-order chi connectivity index (χ0) is 23.0. The first-order chi connectivity index (χ1) is 16.0. The van der Waals surface area contributed by atoms with Crippen LogP contribution in [0.5, 0.6) is 0 Å². The lowest BCUT2D eigenvalue weighted by Crippen LogP contribution is -2.50. The Morgan fingerprint density at radius 1 is 0.879 bits per heavy atom. The summed E-state index contributed by atoms with van der Waals surface area (Å²) in [6.45, 7) is 11.0. The minimum Gasteiger partial charge on any atom is -0.361 e. The van der Waals surface area contributed by atoms with Crippen molar-refractivity contribution in [3.8, 4) is 0 Å². The van der Waals surface area contributed by atoms with E-state index >= 15 is 0 Å². The van der Waals surface area contributed by atoms with Crippen molar-refractivity contribution in [2.45, 2.75) is 24.3 Å². The van der Waals surface area contributed by atoms with E-state index in [0.29, 0.717) is 15.7 Å². The maximum Gasteiger partial charge on any atom is 0.187 e. The normalized spacial score (nSPS) is 19.8. The lowest BCUT2D eigenvalue weighted by atomic mass is 9.93. The fraction of sp³-hybridized carbons (Fsp3) is 0.296. The van der Waals surface area contributed by atoms with Crippen LogP contribution in [0.4, 0.5) is 11.4 Å². The summed E-state index contributed by atoms with van der Waals surface area (Å²) in [5.41, 5.74) is 4.48. The topological polar surface area (TPSA) is 10.8 Å². The fourth-order valence-corrected chi connectivity index (χ4v) is 5.61. The van der Waals surface area contributed by atoms with Crippen LogP contribution in [-0.4, -0.2) is 31.1 Å². The van der Waals surface area contributed by atoms with E-state index in [-0.39, 0.29) is 11.5 Å². The van der Waals surface area contributed by atoms with Crippen LogP contribution in [0, 0.1) is 6.57 Å². The molecule has 1 heterocycles. The van der Waals surface area contributed by atoms with Gasteiger partial charge in [0.05, 0.1) is 23.3 Å². The number of benzene rings is 3. The van der Waals surface area contributed by atoms with Gasteiger partial charge in [-0.15, -0.1) is 0 Å². The zero-order valence-electron chi connectivity index (χ0n) is 18.1. The summed E-state index contributed by atoms with van der Waals surface area (Å²) in [7, 11) is 0. The van der Waals surface area contributed by atoms with Crippen LogP contribution in [0.25, 0.3) is 4.85 Å². The summed E-state index contributed by atoms with van der Waals surface area (Å²) in [6, 6.07) is 22.2. The van der Waals surface area contributed by atoms with Crippen LogP contribution in [-0.2, 0) is 5.41 Å². The molecule has 3 aromatic rings. The van der Waals surface area contributed by atoms with Crippen LogP contribution < -0.4 is 4.90 Å². The van der Waals surface area contributed by atoms with Gasteiger partial charge < -0.3 is 4.90 Å². The molecule has 33 heavy (non-hydrogen) atoms. The largest absolute Gasteiger partial charge is 0.361 e. The molecule has 168 valence electrons. The van der Waals surface area contributed by atoms with E-state index in [2.05, 4.69) is 38.9 Å². The number of rotatable bonds is 5. The predicted octanol–water partition coefficient (Wildman–Crippen LogP) is 7.79. The van der Waals surface area contributed by atoms with Gasteiger partial charge in [-0.25, -0.2) is 4.85 Å². The second-order valence-electron chi connectivity index (χ2n) is 9.03. The van der Waals surface area contributed by atoms with Crippen molar-refractivity contribution in [1.82, 2.24) is 4.90 Å². The van der Waals surface area contributed by atoms with Crippen molar-refractivity contribution >= 4 is 46.2 Å². The first-order valence-corrected chi connectivity index (χ1v) is 12.3. The maximum atomic E-state index is 7.21. The van der Waals surface area contributed by atoms with E-state index in [9.17, 15) is 0 Å². The van der Waals surface area contributed by atoms with Crippen molar-refractivity contribution in [2.24, 2.45) is 0 Å². The molecule has 0 bridgehead atoms. The van der Waals surface area contributed by atoms with Gasteiger partial charge in [0, 0.05) is 41.6 Å². The van der Waals surface area contributed by atoms with E-state index < -0.39 is 0 Å². The van der Waals surface area contributed by atoms with Crippen LogP contribution in [0.2, 0.25) is 15.1 Å². The highest BCUT2D eigenvalue weighted by Crippen LogP contribution is 2.49. The van der Waals surface area contributed by atoms with Gasteiger partial charge in [-0.2, -0.15) is 0 Å². The molecule has 3 aromatic carbocycles. The second kappa shape index (κ2) is 9.20. The molecule has 1 saturated heterocycles. The Hall–Kier alpha value is -2.22. The third kappa shape index (κ3) is 4.72. The Bertz CT molecular complexity index is 1180. The van der Waals surface area contributed by atoms with Crippen LogP contribution >= 0.6 is 34.8 Å². The predicted molar refractivity (Wildman–Crippen MR) is 138 cm³/mol. The van der Waals surface area contributed by atoms with Gasteiger partial charge >= 0.3 is 0 Å². The SMILES string of the molecule is [C-]#[N+]c1ccc(C2(CN3CCN(c4ccc(Cl)cc4Cl)[C@H](c4ccc(Cl)cc4)C3)CC2)cc1. The van der Waals surface area contributed by atoms with E-state index in [1.807, 2.05) is 42.5 Å². The minimum atomic E-state index is 0.162. The number of hydrogen-bond donors (Lipinski definition) is 0. The standard InChI is InChI=1S/C27H24Cl3N3/c1-31-23-9-4-20(5-10-23)27(12-13-27)18-32-14-15-33(25-11-8-22(29)16-24(25)30)26(17-32)19-2-6-21(28)7-3-19/h2-11,16,26H,12-15,17-18H2/t26-/m0/s1. The second-order valence-corrected chi connectivity index (χ2v) is 10.3. The summed E-state index contributed by atoms with van der Waals surface area (Å²) in [6.07, 6.45) is 2.39. The molecule has 6 heteroatoms. The van der Waals surface area contributed by atoms with Gasteiger partial charge in [0.1, 0.15) is 0 Å². The summed E-state index contributed by atoms with van der Waals surface area (Å²) in [5.74, 6) is 0. The van der Waals surface area contributed by atoms with E-state index in [1.165, 1.54) is 24.0 Å². The van der Waals surface area contributed by atoms with Crippen LogP contribution in [0.1, 0.15) is 30.0 Å². The molecule has 0 spiro atoms. The molecule has 0 amide bonds. The molecule has 3 nitrogen and oxygen atoms in total. The Morgan fingerprint density at radius 3 is 2.21 bits per heavy atom. The number of halogens is 3. The fourth-order valence-electron chi connectivity index (χ4n) is 4.96. The Morgan fingerprint density at radius 2 is 1.58 bits per heavy atom. The van der Waals surface area contributed by atoms with E-state index in [1.54, 1.807) is 0 Å². The maximum absolute atomic E-state index is 7.21. The highest BCUT2D eigenvalue weighted by atomic mass is 35.5. The molecule has 2 aliphatic rings. The molecule has 0 radical (unpaired) electrons. The lowest BCUT2D eigenvalue weighted by molar-refractivity contribution is 0.205. The molecular weight excluding hydrogens is 473 g/mol. The number of anilines is 1. The van der Waals surface area contributed by atoms with Crippen molar-refractivity contribution < 1.29 is 0 Å². The summed E-state index contributed by atoms with van der Waals surface area (Å²) in [4.78, 5) is 8.50. The minimum absolute atomic E-state index is 0.162. The Balaban J connectivity index is 1.41. The number of piperazine rings is 1. The first kappa shape index (κ1) is 22.6. The van der Waals surface area contributed by atoms with Gasteiger partial charge in [0.2, 0.25) is 0 Å². The Kier molecular flexibility index (Phi) is 6.29. The quantitative estimate of drug-likeness (QED) is 0.334. The molecule has 2 fully saturated rings. The average Bonchev–Trinajstić information content (AvgIpc) is 3.60. The van der Waals surface area contributed by atoms with Crippen LogP contribution in [0.15, 0.2) is 66.7 Å². The third-order valence-corrected chi connectivity index (χ3v) is 7.72. The summed E-state index contributed by atoms with van der Waals surface area (Å²) >= 11 is 19.0. The highest BCUT2D eigenvalue weighted by Gasteiger charge is 2.46. The van der Waals surface area contributed by atoms with Crippen LogP contribution in [0.3, 0.4) is 0 Å². The molecule has 0 unspecified atom stereocenters. The van der Waals surface area contributed by atoms with Gasteiger partial charge in [-0.1, -0.05) is 71.2 Å². The summed E-state index contributed by atoms with van der Waals surface area (Å²) < 4.78 is 0. The molecule has 5 rings (SSSR count). The molecule has 0 N–H and O–H groups in total. The molecule has 1 saturated carbocycles. The molecule has 1 aliphatic carbocycles. The average molecular weight is 497 g/mol. The molecular formula is C27H24Cl3N3. The van der Waals surface area contributed by atoms with E-state index in [4.69, 9.17) is 41.4 Å². The third-order valence-electron chi connectivity index (χ3n) is 6.93. The van der Waals surface area contributed by atoms with Gasteiger partial charge in [0.25, 0.3) is 0 Å².